The van der Waals surface area contributed by atoms with Crippen LogP contribution in [0.25, 0.3) is 11.4 Å². The zero-order chi connectivity index (χ0) is 14.2. The van der Waals surface area contributed by atoms with Crippen molar-refractivity contribution in [2.75, 3.05) is 7.11 Å². The number of rotatable bonds is 2. The van der Waals surface area contributed by atoms with Gasteiger partial charge in [-0.15, -0.1) is 10.2 Å². The van der Waals surface area contributed by atoms with Gasteiger partial charge in [0, 0.05) is 10.5 Å². The van der Waals surface area contributed by atoms with Crippen LogP contribution in [0, 0.1) is 0 Å². The molecule has 2 aromatic carbocycles. The number of fused-ring (bicyclic) bond motifs is 2. The van der Waals surface area contributed by atoms with Gasteiger partial charge in [-0.05, 0) is 47.7 Å². The molecule has 1 aliphatic heterocycles. The Bertz CT molecular complexity index is 796. The van der Waals surface area contributed by atoms with Gasteiger partial charge in [-0.25, -0.2) is 0 Å². The fourth-order valence-corrected chi connectivity index (χ4v) is 3.41. The number of hydrogen-bond acceptors (Lipinski definition) is 4. The molecule has 5 heteroatoms. The zero-order valence-corrected chi connectivity index (χ0v) is 12.3. The summed E-state index contributed by atoms with van der Waals surface area (Å²) < 4.78 is 7.36. The van der Waals surface area contributed by atoms with Crippen molar-refractivity contribution < 1.29 is 4.74 Å². The summed E-state index contributed by atoms with van der Waals surface area (Å²) in [6, 6.07) is 16.3. The molecule has 0 saturated carbocycles. The van der Waals surface area contributed by atoms with Crippen LogP contribution in [-0.2, 0) is 6.54 Å². The first kappa shape index (κ1) is 12.5. The van der Waals surface area contributed by atoms with Gasteiger partial charge >= 0.3 is 0 Å². The minimum absolute atomic E-state index is 0.812. The molecule has 0 spiro atoms. The molecule has 2 heterocycles. The number of benzene rings is 2. The van der Waals surface area contributed by atoms with Gasteiger partial charge in [0.05, 0.1) is 13.7 Å². The lowest BCUT2D eigenvalue weighted by Gasteiger charge is -2.18. The van der Waals surface area contributed by atoms with E-state index in [0.29, 0.717) is 0 Å². The maximum Gasteiger partial charge on any atom is 0.196 e. The second kappa shape index (κ2) is 4.93. The first-order chi connectivity index (χ1) is 10.3. The molecule has 0 aliphatic carbocycles. The van der Waals surface area contributed by atoms with Crippen molar-refractivity contribution in [3.05, 3.63) is 54.1 Å². The summed E-state index contributed by atoms with van der Waals surface area (Å²) in [5.41, 5.74) is 2.36. The van der Waals surface area contributed by atoms with E-state index in [1.54, 1.807) is 18.9 Å². The van der Waals surface area contributed by atoms with Crippen LogP contribution in [-0.4, -0.2) is 21.9 Å². The highest BCUT2D eigenvalue weighted by Crippen LogP contribution is 2.37. The van der Waals surface area contributed by atoms with Crippen LogP contribution in [0.2, 0.25) is 0 Å². The Morgan fingerprint density at radius 3 is 2.67 bits per heavy atom. The molecule has 0 fully saturated rings. The maximum atomic E-state index is 5.20. The smallest absolute Gasteiger partial charge is 0.196 e. The maximum absolute atomic E-state index is 5.20. The van der Waals surface area contributed by atoms with Gasteiger partial charge in [0.15, 0.2) is 11.0 Å². The van der Waals surface area contributed by atoms with Crippen molar-refractivity contribution in [3.8, 4) is 17.1 Å². The molecule has 0 radical (unpaired) electrons. The highest BCUT2D eigenvalue weighted by atomic mass is 32.2. The third-order valence-corrected chi connectivity index (χ3v) is 4.67. The summed E-state index contributed by atoms with van der Waals surface area (Å²) in [4.78, 5) is 1.26. The Morgan fingerprint density at radius 1 is 1.05 bits per heavy atom. The van der Waals surface area contributed by atoms with Crippen molar-refractivity contribution in [2.45, 2.75) is 16.6 Å². The predicted octanol–water partition coefficient (Wildman–Crippen LogP) is 3.47. The summed E-state index contributed by atoms with van der Waals surface area (Å²) in [5.74, 6) is 1.74. The molecule has 4 rings (SSSR count). The van der Waals surface area contributed by atoms with Crippen molar-refractivity contribution in [3.63, 3.8) is 0 Å². The SMILES string of the molecule is COc1ccc(-c2nnc3n2Cc2ccccc2S3)cc1. The number of hydrogen-bond donors (Lipinski definition) is 0. The number of nitrogens with zero attached hydrogens (tertiary/aromatic N) is 3. The third kappa shape index (κ3) is 2.10. The topological polar surface area (TPSA) is 39.9 Å². The van der Waals surface area contributed by atoms with Crippen molar-refractivity contribution in [1.29, 1.82) is 0 Å². The Labute approximate surface area is 126 Å². The van der Waals surface area contributed by atoms with E-state index in [-0.39, 0.29) is 0 Å². The monoisotopic (exact) mass is 295 g/mol. The molecule has 0 bridgehead atoms. The first-order valence-corrected chi connectivity index (χ1v) is 7.50. The fraction of sp³-hybridized carbons (Fsp3) is 0.125. The summed E-state index contributed by atoms with van der Waals surface area (Å²) >= 11 is 1.67. The Balaban J connectivity index is 1.75. The molecule has 0 N–H and O–H groups in total. The molecule has 0 saturated heterocycles. The Morgan fingerprint density at radius 2 is 1.86 bits per heavy atom. The molecule has 0 atom stereocenters. The molecule has 104 valence electrons. The van der Waals surface area contributed by atoms with Gasteiger partial charge in [0.2, 0.25) is 0 Å². The molecule has 4 nitrogen and oxygen atoms in total. The average molecular weight is 295 g/mol. The average Bonchev–Trinajstić information content (AvgIpc) is 2.95. The number of ether oxygens (including phenoxy) is 1. The van der Waals surface area contributed by atoms with Crippen LogP contribution in [0.3, 0.4) is 0 Å². The van der Waals surface area contributed by atoms with E-state index in [9.17, 15) is 0 Å². The number of methoxy groups -OCH3 is 1. The van der Waals surface area contributed by atoms with Crippen molar-refractivity contribution >= 4 is 11.8 Å². The van der Waals surface area contributed by atoms with Crippen LogP contribution in [0.1, 0.15) is 5.56 Å². The highest BCUT2D eigenvalue weighted by Gasteiger charge is 2.21. The molecular weight excluding hydrogens is 282 g/mol. The summed E-state index contributed by atoms with van der Waals surface area (Å²) in [6.45, 7) is 0.812. The molecule has 3 aromatic rings. The zero-order valence-electron chi connectivity index (χ0n) is 11.5. The van der Waals surface area contributed by atoms with E-state index in [0.717, 1.165) is 28.8 Å². The lowest BCUT2D eigenvalue weighted by atomic mass is 10.2. The van der Waals surface area contributed by atoms with E-state index < -0.39 is 0 Å². The van der Waals surface area contributed by atoms with Crippen molar-refractivity contribution in [1.82, 2.24) is 14.8 Å². The molecule has 0 unspecified atom stereocenters. The fourth-order valence-electron chi connectivity index (χ4n) is 2.46. The second-order valence-corrected chi connectivity index (χ2v) is 5.84. The summed E-state index contributed by atoms with van der Waals surface area (Å²) in [7, 11) is 1.67. The van der Waals surface area contributed by atoms with Gasteiger partial charge < -0.3 is 4.74 Å². The standard InChI is InChI=1S/C16H13N3OS/c1-20-13-8-6-11(7-9-13)15-17-18-16-19(15)10-12-4-2-3-5-14(12)21-16/h2-9H,10H2,1H3. The second-order valence-electron chi connectivity index (χ2n) is 4.83. The minimum atomic E-state index is 0.812. The van der Waals surface area contributed by atoms with E-state index in [2.05, 4.69) is 39.0 Å². The molecular formula is C16H13N3OS. The molecule has 21 heavy (non-hydrogen) atoms. The minimum Gasteiger partial charge on any atom is -0.497 e. The van der Waals surface area contributed by atoms with Gasteiger partial charge in [-0.3, -0.25) is 4.57 Å². The molecule has 1 aliphatic rings. The summed E-state index contributed by atoms with van der Waals surface area (Å²) in [6.07, 6.45) is 0. The van der Waals surface area contributed by atoms with Crippen molar-refractivity contribution in [2.24, 2.45) is 0 Å². The van der Waals surface area contributed by atoms with E-state index in [4.69, 9.17) is 4.74 Å². The van der Waals surface area contributed by atoms with Crippen LogP contribution in [0.5, 0.6) is 5.75 Å². The Hall–Kier alpha value is -2.27. The third-order valence-electron chi connectivity index (χ3n) is 3.57. The molecule has 0 amide bonds. The van der Waals surface area contributed by atoms with E-state index in [1.807, 2.05) is 24.3 Å². The Kier molecular flexibility index (Phi) is 2.93. The normalized spacial score (nSPS) is 12.6. The largest absolute Gasteiger partial charge is 0.497 e. The van der Waals surface area contributed by atoms with Gasteiger partial charge in [-0.2, -0.15) is 0 Å². The van der Waals surface area contributed by atoms with Crippen LogP contribution < -0.4 is 4.74 Å². The van der Waals surface area contributed by atoms with Gasteiger partial charge in [0.1, 0.15) is 5.75 Å². The lowest BCUT2D eigenvalue weighted by Crippen LogP contribution is -2.08. The quantitative estimate of drug-likeness (QED) is 0.568. The first-order valence-electron chi connectivity index (χ1n) is 6.68. The van der Waals surface area contributed by atoms with E-state index in [1.165, 1.54) is 10.5 Å². The lowest BCUT2D eigenvalue weighted by molar-refractivity contribution is 0.415. The van der Waals surface area contributed by atoms with Gasteiger partial charge in [0.25, 0.3) is 0 Å². The number of aromatic nitrogens is 3. The van der Waals surface area contributed by atoms with Crippen LogP contribution in [0.4, 0.5) is 0 Å². The molecule has 1 aromatic heterocycles. The summed E-state index contributed by atoms with van der Waals surface area (Å²) in [5, 5.41) is 9.62. The van der Waals surface area contributed by atoms with E-state index >= 15 is 0 Å². The predicted molar refractivity (Wildman–Crippen MR) is 81.7 cm³/mol. The highest BCUT2D eigenvalue weighted by molar-refractivity contribution is 7.99. The van der Waals surface area contributed by atoms with Crippen LogP contribution >= 0.6 is 11.8 Å². The van der Waals surface area contributed by atoms with Crippen LogP contribution in [0.15, 0.2) is 58.6 Å². The van der Waals surface area contributed by atoms with Gasteiger partial charge in [-0.1, -0.05) is 18.2 Å².